The zero-order chi connectivity index (χ0) is 10.4. The number of carbonyl (C=O) groups is 2. The maximum absolute atomic E-state index is 11.8. The molecule has 76 valence electrons. The molecule has 4 heteroatoms. The number of amides is 1. The van der Waals surface area contributed by atoms with E-state index in [1.165, 1.54) is 11.8 Å². The Bertz CT molecular complexity index is 458. The highest BCUT2D eigenvalue weighted by Crippen LogP contribution is 2.42. The molecule has 3 nitrogen and oxygen atoms in total. The zero-order valence-electron chi connectivity index (χ0n) is 7.97. The van der Waals surface area contributed by atoms with Gasteiger partial charge in [0.25, 0.3) is 0 Å². The molecule has 0 radical (unpaired) electrons. The number of hydrogen-bond acceptors (Lipinski definition) is 3. The summed E-state index contributed by atoms with van der Waals surface area (Å²) in [6, 6.07) is 7.36. The van der Waals surface area contributed by atoms with Crippen LogP contribution in [0.25, 0.3) is 0 Å². The molecule has 0 N–H and O–H groups in total. The van der Waals surface area contributed by atoms with E-state index in [9.17, 15) is 9.59 Å². The van der Waals surface area contributed by atoms with Gasteiger partial charge in [0, 0.05) is 11.3 Å². The van der Waals surface area contributed by atoms with Crippen molar-refractivity contribution in [2.45, 2.75) is 23.8 Å². The van der Waals surface area contributed by atoms with Gasteiger partial charge in [-0.05, 0) is 30.3 Å². The second-order valence-corrected chi connectivity index (χ2v) is 4.75. The van der Waals surface area contributed by atoms with E-state index >= 15 is 0 Å². The van der Waals surface area contributed by atoms with Gasteiger partial charge >= 0.3 is 0 Å². The molecular formula is C11H9NO2S. The van der Waals surface area contributed by atoms with Crippen molar-refractivity contribution in [1.29, 1.82) is 0 Å². The first-order valence-electron chi connectivity index (χ1n) is 4.90. The van der Waals surface area contributed by atoms with Gasteiger partial charge in [0.05, 0.1) is 5.69 Å². The molecule has 3 rings (SSSR count). The fourth-order valence-electron chi connectivity index (χ4n) is 2.13. The van der Waals surface area contributed by atoms with Crippen LogP contribution in [0.4, 0.5) is 5.69 Å². The van der Waals surface area contributed by atoms with Gasteiger partial charge in [-0.25, -0.2) is 0 Å². The minimum Gasteiger partial charge on any atom is -0.300 e. The van der Waals surface area contributed by atoms with Crippen LogP contribution in [0.5, 0.6) is 0 Å². The Kier molecular flexibility index (Phi) is 1.85. The topological polar surface area (TPSA) is 37.4 Å². The molecule has 0 aliphatic carbocycles. The minimum atomic E-state index is -0.225. The predicted octanol–water partition coefficient (Wildman–Crippen LogP) is 1.81. The molecule has 1 fully saturated rings. The van der Waals surface area contributed by atoms with Gasteiger partial charge in [-0.3, -0.25) is 14.5 Å². The number of carbonyl (C=O) groups excluding carboxylic acids is 2. The molecule has 1 unspecified atom stereocenters. The molecule has 2 heterocycles. The summed E-state index contributed by atoms with van der Waals surface area (Å²) in [5.74, 6) is 0.0705. The summed E-state index contributed by atoms with van der Waals surface area (Å²) >= 11 is 1.26. The van der Waals surface area contributed by atoms with Crippen LogP contribution in [0.15, 0.2) is 29.2 Å². The molecule has 1 aromatic carbocycles. The zero-order valence-corrected chi connectivity index (χ0v) is 8.79. The van der Waals surface area contributed by atoms with E-state index in [1.54, 1.807) is 4.90 Å². The van der Waals surface area contributed by atoms with E-state index in [4.69, 9.17) is 0 Å². The van der Waals surface area contributed by atoms with Gasteiger partial charge in [-0.1, -0.05) is 12.1 Å². The van der Waals surface area contributed by atoms with Gasteiger partial charge in [-0.2, -0.15) is 0 Å². The van der Waals surface area contributed by atoms with Crippen molar-refractivity contribution in [2.75, 3.05) is 4.90 Å². The van der Waals surface area contributed by atoms with E-state index in [2.05, 4.69) is 0 Å². The fraction of sp³-hybridized carbons (Fsp3) is 0.273. The van der Waals surface area contributed by atoms with E-state index in [-0.39, 0.29) is 17.1 Å². The Hall–Kier alpha value is -1.29. The summed E-state index contributed by atoms with van der Waals surface area (Å²) in [7, 11) is 0. The van der Waals surface area contributed by atoms with Gasteiger partial charge < -0.3 is 0 Å². The summed E-state index contributed by atoms with van der Waals surface area (Å²) in [5, 5.41) is 0.0968. The average molecular weight is 219 g/mol. The molecule has 0 bridgehead atoms. The van der Waals surface area contributed by atoms with Crippen molar-refractivity contribution in [2.24, 2.45) is 0 Å². The van der Waals surface area contributed by atoms with Crippen LogP contribution in [-0.4, -0.2) is 17.1 Å². The Balaban J connectivity index is 2.16. The van der Waals surface area contributed by atoms with Crippen LogP contribution in [0.1, 0.15) is 12.8 Å². The Morgan fingerprint density at radius 3 is 2.93 bits per heavy atom. The fourth-order valence-corrected chi connectivity index (χ4v) is 3.12. The monoisotopic (exact) mass is 219 g/mol. The number of para-hydroxylation sites is 1. The summed E-state index contributed by atoms with van der Waals surface area (Å²) in [6.07, 6.45) is 1.16. The third kappa shape index (κ3) is 1.21. The second kappa shape index (κ2) is 3.10. The standard InChI is InChI=1S/C11H9NO2S/c13-10-6-5-8-11(14)15-9-4-2-1-3-7(9)12(8)10/h1-4,8H,5-6H2. The molecule has 1 saturated heterocycles. The Morgan fingerprint density at radius 1 is 1.27 bits per heavy atom. The molecule has 0 saturated carbocycles. The number of rotatable bonds is 0. The Labute approximate surface area is 91.5 Å². The Morgan fingerprint density at radius 2 is 2.07 bits per heavy atom. The maximum Gasteiger partial charge on any atom is 0.227 e. The number of hydrogen-bond donors (Lipinski definition) is 0. The van der Waals surface area contributed by atoms with Crippen LogP contribution in [0.2, 0.25) is 0 Å². The lowest BCUT2D eigenvalue weighted by Gasteiger charge is -2.29. The van der Waals surface area contributed by atoms with Crippen molar-refractivity contribution in [3.63, 3.8) is 0 Å². The highest BCUT2D eigenvalue weighted by atomic mass is 32.2. The van der Waals surface area contributed by atoms with Crippen molar-refractivity contribution < 1.29 is 9.59 Å². The second-order valence-electron chi connectivity index (χ2n) is 3.71. The van der Waals surface area contributed by atoms with Crippen LogP contribution >= 0.6 is 11.8 Å². The molecule has 1 amide bonds. The number of nitrogens with zero attached hydrogens (tertiary/aromatic N) is 1. The quantitative estimate of drug-likeness (QED) is 0.668. The van der Waals surface area contributed by atoms with Crippen LogP contribution in [0, 0.1) is 0 Å². The van der Waals surface area contributed by atoms with E-state index < -0.39 is 0 Å². The molecule has 0 aromatic heterocycles. The predicted molar refractivity (Wildman–Crippen MR) is 57.8 cm³/mol. The first kappa shape index (κ1) is 8.97. The lowest BCUT2D eigenvalue weighted by Crippen LogP contribution is -2.40. The highest BCUT2D eigenvalue weighted by Gasteiger charge is 2.41. The third-order valence-corrected chi connectivity index (χ3v) is 3.86. The van der Waals surface area contributed by atoms with Gasteiger partial charge in [0.2, 0.25) is 11.0 Å². The van der Waals surface area contributed by atoms with Crippen LogP contribution in [-0.2, 0) is 9.59 Å². The summed E-state index contributed by atoms with van der Waals surface area (Å²) in [6.45, 7) is 0. The highest BCUT2D eigenvalue weighted by molar-refractivity contribution is 8.14. The minimum absolute atomic E-state index is 0.0705. The number of thioether (sulfide) groups is 1. The number of fused-ring (bicyclic) bond motifs is 3. The third-order valence-electron chi connectivity index (χ3n) is 2.82. The summed E-state index contributed by atoms with van der Waals surface area (Å²) in [4.78, 5) is 26.0. The normalized spacial score (nSPS) is 24.0. The summed E-state index contributed by atoms with van der Waals surface area (Å²) < 4.78 is 0. The molecule has 2 aliphatic heterocycles. The molecule has 15 heavy (non-hydrogen) atoms. The largest absolute Gasteiger partial charge is 0.300 e. The van der Waals surface area contributed by atoms with E-state index in [1.807, 2.05) is 24.3 Å². The van der Waals surface area contributed by atoms with Crippen molar-refractivity contribution >= 4 is 28.5 Å². The first-order valence-corrected chi connectivity index (χ1v) is 5.72. The maximum atomic E-state index is 11.8. The van der Waals surface area contributed by atoms with Crippen molar-refractivity contribution in [3.05, 3.63) is 24.3 Å². The SMILES string of the molecule is O=C1Sc2ccccc2N2C(=O)CCC12. The van der Waals surface area contributed by atoms with Crippen LogP contribution < -0.4 is 4.90 Å². The average Bonchev–Trinajstić information content (AvgIpc) is 2.62. The molecule has 2 aliphatic rings. The van der Waals surface area contributed by atoms with Gasteiger partial charge in [-0.15, -0.1) is 0 Å². The van der Waals surface area contributed by atoms with E-state index in [0.29, 0.717) is 12.8 Å². The smallest absolute Gasteiger partial charge is 0.227 e. The lowest BCUT2D eigenvalue weighted by atomic mass is 10.2. The van der Waals surface area contributed by atoms with Crippen LogP contribution in [0.3, 0.4) is 0 Å². The molecule has 0 spiro atoms. The van der Waals surface area contributed by atoms with E-state index in [0.717, 1.165) is 10.6 Å². The first-order chi connectivity index (χ1) is 7.27. The lowest BCUT2D eigenvalue weighted by molar-refractivity contribution is -0.118. The molecular weight excluding hydrogens is 210 g/mol. The number of anilines is 1. The van der Waals surface area contributed by atoms with Gasteiger partial charge in [0.1, 0.15) is 6.04 Å². The number of benzene rings is 1. The molecule has 1 aromatic rings. The van der Waals surface area contributed by atoms with Gasteiger partial charge in [0.15, 0.2) is 0 Å². The molecule has 1 atom stereocenters. The summed E-state index contributed by atoms with van der Waals surface area (Å²) in [5.41, 5.74) is 0.898. The van der Waals surface area contributed by atoms with Crippen molar-refractivity contribution in [1.82, 2.24) is 0 Å². The van der Waals surface area contributed by atoms with Crippen molar-refractivity contribution in [3.8, 4) is 0 Å².